The standard InChI is InChI=1S/C47H38N2/c1-3-33-14-4-5-15-34(28-27-32(2)30-33)46-40-17-6-8-19-42(40)47(43-20-9-7-18-41(43)46)39-24-11-21-36-37(39)22-10-23-38(36)45-26-12-25-44(49-45)35-16-13-29-48-31-35/h4,6-32H,3,5H2,1-2H3/b14-4-,28-27-,33-30-,34-15+. The summed E-state index contributed by atoms with van der Waals surface area (Å²) in [6, 6.07) is 41.5. The molecule has 1 atom stereocenters. The van der Waals surface area contributed by atoms with Crippen molar-refractivity contribution in [3.63, 3.8) is 0 Å². The predicted molar refractivity (Wildman–Crippen MR) is 209 cm³/mol. The van der Waals surface area contributed by atoms with Gasteiger partial charge in [-0.3, -0.25) is 4.98 Å². The highest BCUT2D eigenvalue weighted by atomic mass is 14.7. The van der Waals surface area contributed by atoms with E-state index in [4.69, 9.17) is 4.98 Å². The molecule has 2 heterocycles. The van der Waals surface area contributed by atoms with E-state index >= 15 is 0 Å². The summed E-state index contributed by atoms with van der Waals surface area (Å²) in [5.41, 5.74) is 10.5. The smallest absolute Gasteiger partial charge is 0.0725 e. The van der Waals surface area contributed by atoms with Gasteiger partial charge in [0.25, 0.3) is 0 Å². The monoisotopic (exact) mass is 630 g/mol. The maximum Gasteiger partial charge on any atom is 0.0725 e. The Balaban J connectivity index is 1.34. The van der Waals surface area contributed by atoms with Crippen LogP contribution in [0.2, 0.25) is 0 Å². The van der Waals surface area contributed by atoms with Crippen LogP contribution in [0.15, 0.2) is 170 Å². The van der Waals surface area contributed by atoms with Crippen molar-refractivity contribution in [1.82, 2.24) is 9.97 Å². The first-order chi connectivity index (χ1) is 24.2. The maximum atomic E-state index is 5.11. The Morgan fingerprint density at radius 2 is 1.24 bits per heavy atom. The normalized spacial score (nSPS) is 18.4. The average Bonchev–Trinajstić information content (AvgIpc) is 3.16. The molecule has 0 spiro atoms. The fraction of sp³-hybridized carbons (Fsp3) is 0.106. The van der Waals surface area contributed by atoms with Crippen molar-refractivity contribution in [3.05, 3.63) is 175 Å². The van der Waals surface area contributed by atoms with Gasteiger partial charge in [-0.1, -0.05) is 147 Å². The van der Waals surface area contributed by atoms with E-state index in [9.17, 15) is 0 Å². The van der Waals surface area contributed by atoms with Gasteiger partial charge in [0.2, 0.25) is 0 Å². The molecule has 5 aromatic carbocycles. The van der Waals surface area contributed by atoms with Crippen LogP contribution in [0.1, 0.15) is 32.3 Å². The minimum atomic E-state index is 0.349. The van der Waals surface area contributed by atoms with Gasteiger partial charge in [0.15, 0.2) is 0 Å². The van der Waals surface area contributed by atoms with Crippen LogP contribution in [0.4, 0.5) is 0 Å². The van der Waals surface area contributed by atoms with Gasteiger partial charge in [0.05, 0.1) is 11.4 Å². The molecule has 0 N–H and O–H groups in total. The molecule has 1 aliphatic rings. The Hall–Kier alpha value is -5.86. The minimum absolute atomic E-state index is 0.349. The first kappa shape index (κ1) is 30.5. The summed E-state index contributed by atoms with van der Waals surface area (Å²) < 4.78 is 0. The summed E-state index contributed by atoms with van der Waals surface area (Å²) in [4.78, 5) is 9.43. The molecule has 0 amide bonds. The van der Waals surface area contributed by atoms with Gasteiger partial charge in [0, 0.05) is 23.5 Å². The fourth-order valence-corrected chi connectivity index (χ4v) is 7.35. The Kier molecular flexibility index (Phi) is 8.29. The number of benzene rings is 5. The highest BCUT2D eigenvalue weighted by Crippen LogP contribution is 2.45. The molecule has 0 saturated heterocycles. The fourth-order valence-electron chi connectivity index (χ4n) is 7.35. The van der Waals surface area contributed by atoms with Crippen LogP contribution in [0, 0.1) is 5.92 Å². The van der Waals surface area contributed by atoms with Crippen molar-refractivity contribution in [2.24, 2.45) is 5.92 Å². The van der Waals surface area contributed by atoms with Gasteiger partial charge in [-0.2, -0.15) is 0 Å². The molecule has 2 nitrogen and oxygen atoms in total. The lowest BCUT2D eigenvalue weighted by atomic mass is 9.83. The third-order valence-electron chi connectivity index (χ3n) is 9.66. The first-order valence-electron chi connectivity index (χ1n) is 17.3. The maximum absolute atomic E-state index is 5.11. The molecule has 1 unspecified atom stereocenters. The summed E-state index contributed by atoms with van der Waals surface area (Å²) in [6.45, 7) is 4.51. The molecule has 236 valence electrons. The minimum Gasteiger partial charge on any atom is -0.264 e. The lowest BCUT2D eigenvalue weighted by Gasteiger charge is -2.20. The number of hydrogen-bond acceptors (Lipinski definition) is 2. The molecular formula is C47H38N2. The zero-order chi connectivity index (χ0) is 33.2. The summed E-state index contributed by atoms with van der Waals surface area (Å²) >= 11 is 0. The van der Waals surface area contributed by atoms with Crippen molar-refractivity contribution >= 4 is 37.9 Å². The Bertz CT molecular complexity index is 2400. The van der Waals surface area contributed by atoms with Crippen LogP contribution in [0.25, 0.3) is 71.5 Å². The van der Waals surface area contributed by atoms with Gasteiger partial charge in [0.1, 0.15) is 0 Å². The van der Waals surface area contributed by atoms with Gasteiger partial charge >= 0.3 is 0 Å². The quantitative estimate of drug-likeness (QED) is 0.177. The van der Waals surface area contributed by atoms with Gasteiger partial charge in [-0.15, -0.1) is 0 Å². The van der Waals surface area contributed by atoms with Crippen LogP contribution in [0.3, 0.4) is 0 Å². The molecule has 2 heteroatoms. The van der Waals surface area contributed by atoms with Crippen molar-refractivity contribution in [3.8, 4) is 33.6 Å². The largest absolute Gasteiger partial charge is 0.264 e. The van der Waals surface area contributed by atoms with Crippen LogP contribution in [-0.4, -0.2) is 9.97 Å². The van der Waals surface area contributed by atoms with E-state index in [0.29, 0.717) is 5.92 Å². The molecule has 0 saturated carbocycles. The second-order valence-corrected chi connectivity index (χ2v) is 12.8. The number of hydrogen-bond donors (Lipinski definition) is 0. The Morgan fingerprint density at radius 3 is 1.94 bits per heavy atom. The highest BCUT2D eigenvalue weighted by Gasteiger charge is 2.19. The Labute approximate surface area is 288 Å². The van der Waals surface area contributed by atoms with E-state index in [0.717, 1.165) is 35.4 Å². The molecule has 2 aromatic heterocycles. The van der Waals surface area contributed by atoms with E-state index in [2.05, 4.69) is 164 Å². The van der Waals surface area contributed by atoms with Crippen LogP contribution < -0.4 is 0 Å². The second-order valence-electron chi connectivity index (χ2n) is 12.8. The molecule has 8 rings (SSSR count). The van der Waals surface area contributed by atoms with Gasteiger partial charge < -0.3 is 0 Å². The second kappa shape index (κ2) is 13.3. The third-order valence-corrected chi connectivity index (χ3v) is 9.66. The topological polar surface area (TPSA) is 25.8 Å². The summed E-state index contributed by atoms with van der Waals surface area (Å²) in [6.07, 6.45) is 19.7. The molecule has 1 aliphatic carbocycles. The number of allylic oxidation sites excluding steroid dienone is 8. The van der Waals surface area contributed by atoms with Crippen LogP contribution in [-0.2, 0) is 0 Å². The molecule has 0 bridgehead atoms. The van der Waals surface area contributed by atoms with E-state index in [1.165, 1.54) is 60.2 Å². The lowest BCUT2D eigenvalue weighted by molar-refractivity contribution is 0.916. The molecule has 49 heavy (non-hydrogen) atoms. The zero-order valence-electron chi connectivity index (χ0n) is 28.0. The van der Waals surface area contributed by atoms with Crippen molar-refractivity contribution < 1.29 is 0 Å². The molecular weight excluding hydrogens is 593 g/mol. The van der Waals surface area contributed by atoms with E-state index in [1.54, 1.807) is 6.20 Å². The number of pyridine rings is 2. The molecule has 0 radical (unpaired) electrons. The lowest BCUT2D eigenvalue weighted by Crippen LogP contribution is -1.95. The SMILES string of the molecule is CCC1=C/C(C)/C=C\C(c2c3ccccc3c(-c3cccc4c(-c5cccc(-c6cccnc6)n5)cccc34)c3ccccc23)=C/C/C=C\1. The third kappa shape index (κ3) is 5.81. The van der Waals surface area contributed by atoms with Crippen LogP contribution in [0.5, 0.6) is 0 Å². The van der Waals surface area contributed by atoms with E-state index in [1.807, 2.05) is 12.3 Å². The molecule has 7 aromatic rings. The van der Waals surface area contributed by atoms with Crippen molar-refractivity contribution in [1.29, 1.82) is 0 Å². The predicted octanol–water partition coefficient (Wildman–Crippen LogP) is 12.8. The van der Waals surface area contributed by atoms with Gasteiger partial charge in [-0.05, 0) is 97.6 Å². The van der Waals surface area contributed by atoms with E-state index < -0.39 is 0 Å². The average molecular weight is 631 g/mol. The van der Waals surface area contributed by atoms with Crippen molar-refractivity contribution in [2.75, 3.05) is 0 Å². The van der Waals surface area contributed by atoms with Crippen molar-refractivity contribution in [2.45, 2.75) is 26.7 Å². The first-order valence-corrected chi connectivity index (χ1v) is 17.3. The summed E-state index contributed by atoms with van der Waals surface area (Å²) in [5, 5.41) is 7.45. The van der Waals surface area contributed by atoms with Crippen LogP contribution >= 0.6 is 0 Å². The molecule has 0 aliphatic heterocycles. The number of fused-ring (bicyclic) bond motifs is 3. The highest BCUT2D eigenvalue weighted by molar-refractivity contribution is 6.22. The van der Waals surface area contributed by atoms with E-state index in [-0.39, 0.29) is 0 Å². The Morgan fingerprint density at radius 1 is 0.612 bits per heavy atom. The van der Waals surface area contributed by atoms with Gasteiger partial charge in [-0.25, -0.2) is 4.98 Å². The number of rotatable bonds is 5. The summed E-state index contributed by atoms with van der Waals surface area (Å²) in [7, 11) is 0. The zero-order valence-corrected chi connectivity index (χ0v) is 28.0. The number of aromatic nitrogens is 2. The number of nitrogens with zero attached hydrogens (tertiary/aromatic N) is 2. The molecule has 0 fully saturated rings. The summed E-state index contributed by atoms with van der Waals surface area (Å²) in [5.74, 6) is 0.349.